The van der Waals surface area contributed by atoms with Crippen LogP contribution in [0.1, 0.15) is 6.42 Å². The van der Waals surface area contributed by atoms with E-state index in [1.165, 1.54) is 4.90 Å². The highest BCUT2D eigenvalue weighted by molar-refractivity contribution is 7.99. The maximum absolute atomic E-state index is 5.57. The molecule has 0 fully saturated rings. The molecular weight excluding hydrogens is 208 g/mol. The molecule has 0 saturated heterocycles. The number of para-hydroxylation sites is 1. The molecule has 0 bridgehead atoms. The van der Waals surface area contributed by atoms with Gasteiger partial charge in [0.2, 0.25) is 0 Å². The Morgan fingerprint density at radius 2 is 2.47 bits per heavy atom. The summed E-state index contributed by atoms with van der Waals surface area (Å²) < 4.78 is 5.33. The van der Waals surface area contributed by atoms with Gasteiger partial charge in [-0.25, -0.2) is 0 Å². The molecule has 1 aliphatic heterocycles. The molecule has 0 radical (unpaired) electrons. The van der Waals surface area contributed by atoms with E-state index in [4.69, 9.17) is 10.5 Å². The molecule has 1 aromatic rings. The lowest BCUT2D eigenvalue weighted by molar-refractivity contribution is 0.414. The van der Waals surface area contributed by atoms with E-state index in [1.54, 1.807) is 7.11 Å². The lowest BCUT2D eigenvalue weighted by Crippen LogP contribution is -2.28. The molecule has 0 amide bonds. The van der Waals surface area contributed by atoms with E-state index < -0.39 is 0 Å². The maximum atomic E-state index is 5.57. The Morgan fingerprint density at radius 1 is 1.60 bits per heavy atom. The van der Waals surface area contributed by atoms with Crippen LogP contribution in [0.2, 0.25) is 0 Å². The van der Waals surface area contributed by atoms with E-state index in [-0.39, 0.29) is 0 Å². The second kappa shape index (κ2) is 4.77. The predicted octanol–water partition coefficient (Wildman–Crippen LogP) is 1.93. The molecule has 0 aliphatic carbocycles. The molecule has 0 saturated carbocycles. The van der Waals surface area contributed by atoms with Crippen molar-refractivity contribution >= 4 is 17.4 Å². The van der Waals surface area contributed by atoms with Gasteiger partial charge in [-0.1, -0.05) is 6.07 Å². The molecule has 1 aromatic carbocycles. The zero-order valence-electron chi connectivity index (χ0n) is 8.82. The monoisotopic (exact) mass is 224 g/mol. The zero-order valence-corrected chi connectivity index (χ0v) is 9.64. The van der Waals surface area contributed by atoms with Crippen LogP contribution in [0.25, 0.3) is 0 Å². The van der Waals surface area contributed by atoms with Gasteiger partial charge in [0.25, 0.3) is 0 Å². The number of fused-ring (bicyclic) bond motifs is 1. The first-order valence-electron chi connectivity index (χ1n) is 5.11. The summed E-state index contributed by atoms with van der Waals surface area (Å²) >= 11 is 1.87. The summed E-state index contributed by atoms with van der Waals surface area (Å²) in [4.78, 5) is 1.27. The average molecular weight is 224 g/mol. The first-order chi connectivity index (χ1) is 7.35. The summed E-state index contributed by atoms with van der Waals surface area (Å²) in [6.45, 7) is 0.725. The number of rotatable bonds is 3. The van der Waals surface area contributed by atoms with Crippen molar-refractivity contribution < 1.29 is 4.74 Å². The number of anilines is 1. The molecule has 4 heteroatoms. The summed E-state index contributed by atoms with van der Waals surface area (Å²) in [5.41, 5.74) is 6.69. The van der Waals surface area contributed by atoms with Crippen molar-refractivity contribution in [2.24, 2.45) is 5.73 Å². The average Bonchev–Trinajstić information content (AvgIpc) is 2.28. The number of thioether (sulfide) groups is 1. The SMILES string of the molecule is COc1cccc2c1NC(CCN)CS2. The first-order valence-corrected chi connectivity index (χ1v) is 6.10. The fourth-order valence-electron chi connectivity index (χ4n) is 1.74. The minimum atomic E-state index is 0.462. The van der Waals surface area contributed by atoms with E-state index in [2.05, 4.69) is 11.4 Å². The molecule has 15 heavy (non-hydrogen) atoms. The number of hydrogen-bond acceptors (Lipinski definition) is 4. The van der Waals surface area contributed by atoms with Crippen molar-refractivity contribution in [3.63, 3.8) is 0 Å². The Bertz CT molecular complexity index is 329. The standard InChI is InChI=1S/C11H16N2OS/c1-14-9-3-2-4-10-11(9)13-8(5-6-12)7-15-10/h2-4,8,13H,5-7,12H2,1H3. The van der Waals surface area contributed by atoms with Crippen molar-refractivity contribution in [3.8, 4) is 5.75 Å². The number of methoxy groups -OCH3 is 1. The minimum Gasteiger partial charge on any atom is -0.495 e. The van der Waals surface area contributed by atoms with E-state index in [1.807, 2.05) is 23.9 Å². The number of ether oxygens (including phenoxy) is 1. The van der Waals surface area contributed by atoms with Gasteiger partial charge in [0.1, 0.15) is 5.75 Å². The second-order valence-electron chi connectivity index (χ2n) is 3.56. The second-order valence-corrected chi connectivity index (χ2v) is 4.62. The highest BCUT2D eigenvalue weighted by Gasteiger charge is 2.20. The van der Waals surface area contributed by atoms with Gasteiger partial charge in [-0.3, -0.25) is 0 Å². The van der Waals surface area contributed by atoms with Gasteiger partial charge in [-0.2, -0.15) is 0 Å². The molecule has 1 unspecified atom stereocenters. The van der Waals surface area contributed by atoms with Crippen LogP contribution in [-0.4, -0.2) is 25.4 Å². The number of nitrogens with one attached hydrogen (secondary N) is 1. The predicted molar refractivity (Wildman–Crippen MR) is 64.8 cm³/mol. The first kappa shape index (κ1) is 10.6. The van der Waals surface area contributed by atoms with Crippen molar-refractivity contribution in [1.29, 1.82) is 0 Å². The smallest absolute Gasteiger partial charge is 0.143 e. The van der Waals surface area contributed by atoms with Crippen LogP contribution < -0.4 is 15.8 Å². The Kier molecular flexibility index (Phi) is 3.38. The Labute approximate surface area is 94.4 Å². The van der Waals surface area contributed by atoms with Crippen LogP contribution in [0, 0.1) is 0 Å². The molecule has 2 rings (SSSR count). The van der Waals surface area contributed by atoms with Crippen LogP contribution in [0.5, 0.6) is 5.75 Å². The van der Waals surface area contributed by atoms with Crippen molar-refractivity contribution in [1.82, 2.24) is 0 Å². The third-order valence-electron chi connectivity index (χ3n) is 2.51. The molecule has 1 atom stereocenters. The van der Waals surface area contributed by atoms with Crippen LogP contribution in [0.4, 0.5) is 5.69 Å². The highest BCUT2D eigenvalue weighted by atomic mass is 32.2. The fourth-order valence-corrected chi connectivity index (χ4v) is 2.85. The van der Waals surface area contributed by atoms with Gasteiger partial charge < -0.3 is 15.8 Å². The van der Waals surface area contributed by atoms with Crippen LogP contribution in [0.15, 0.2) is 23.1 Å². The number of hydrogen-bond donors (Lipinski definition) is 2. The number of nitrogens with two attached hydrogens (primary N) is 1. The third kappa shape index (κ3) is 2.21. The Hall–Kier alpha value is -0.870. The molecular formula is C11H16N2OS. The lowest BCUT2D eigenvalue weighted by atomic mass is 10.2. The minimum absolute atomic E-state index is 0.462. The van der Waals surface area contributed by atoms with E-state index in [0.29, 0.717) is 6.04 Å². The summed E-state index contributed by atoms with van der Waals surface area (Å²) in [5.74, 6) is 2.00. The maximum Gasteiger partial charge on any atom is 0.143 e. The van der Waals surface area contributed by atoms with Crippen molar-refractivity contribution in [2.45, 2.75) is 17.4 Å². The molecule has 3 nitrogen and oxygen atoms in total. The summed E-state index contributed by atoms with van der Waals surface area (Å²) in [6.07, 6.45) is 1.00. The van der Waals surface area contributed by atoms with Gasteiger partial charge in [-0.05, 0) is 25.1 Å². The van der Waals surface area contributed by atoms with Gasteiger partial charge in [0.05, 0.1) is 12.8 Å². The normalized spacial score (nSPS) is 19.2. The topological polar surface area (TPSA) is 47.3 Å². The van der Waals surface area contributed by atoms with Gasteiger partial charge >= 0.3 is 0 Å². The summed E-state index contributed by atoms with van der Waals surface area (Å²) in [7, 11) is 1.70. The highest BCUT2D eigenvalue weighted by Crippen LogP contribution is 2.39. The molecule has 3 N–H and O–H groups in total. The largest absolute Gasteiger partial charge is 0.495 e. The van der Waals surface area contributed by atoms with Crippen molar-refractivity contribution in [2.75, 3.05) is 24.7 Å². The zero-order chi connectivity index (χ0) is 10.7. The molecule has 0 spiro atoms. The van der Waals surface area contributed by atoms with Crippen LogP contribution in [0.3, 0.4) is 0 Å². The van der Waals surface area contributed by atoms with Gasteiger partial charge in [-0.15, -0.1) is 11.8 Å². The van der Waals surface area contributed by atoms with E-state index >= 15 is 0 Å². The van der Waals surface area contributed by atoms with E-state index in [9.17, 15) is 0 Å². The molecule has 0 aromatic heterocycles. The molecule has 1 aliphatic rings. The van der Waals surface area contributed by atoms with Crippen LogP contribution >= 0.6 is 11.8 Å². The summed E-state index contributed by atoms with van der Waals surface area (Å²) in [6, 6.07) is 6.59. The van der Waals surface area contributed by atoms with E-state index in [0.717, 1.165) is 30.2 Å². The van der Waals surface area contributed by atoms with Gasteiger partial charge in [0, 0.05) is 16.7 Å². The quantitative estimate of drug-likeness (QED) is 0.823. The van der Waals surface area contributed by atoms with Crippen LogP contribution in [-0.2, 0) is 0 Å². The van der Waals surface area contributed by atoms with Gasteiger partial charge in [0.15, 0.2) is 0 Å². The van der Waals surface area contributed by atoms with Crippen molar-refractivity contribution in [3.05, 3.63) is 18.2 Å². The Morgan fingerprint density at radius 3 is 3.20 bits per heavy atom. The molecule has 82 valence electrons. The summed E-state index contributed by atoms with van der Waals surface area (Å²) in [5, 5.41) is 3.49. The molecule has 1 heterocycles. The Balaban J connectivity index is 2.22. The fraction of sp³-hybridized carbons (Fsp3) is 0.455. The third-order valence-corrected chi connectivity index (χ3v) is 3.73. The number of benzene rings is 1. The lowest BCUT2D eigenvalue weighted by Gasteiger charge is -2.27.